The van der Waals surface area contributed by atoms with Gasteiger partial charge in [-0.3, -0.25) is 0 Å². The normalized spacial score (nSPS) is 16.2. The van der Waals surface area contributed by atoms with Crippen LogP contribution in [0.1, 0.15) is 22.3 Å². The molecule has 2 aliphatic heterocycles. The molecule has 0 saturated heterocycles. The van der Waals surface area contributed by atoms with E-state index in [-0.39, 0.29) is 0 Å². The van der Waals surface area contributed by atoms with E-state index in [0.717, 1.165) is 33.0 Å². The Morgan fingerprint density at radius 2 is 0.750 bits per heavy atom. The van der Waals surface area contributed by atoms with Crippen LogP contribution in [-0.4, -0.2) is 20.0 Å². The van der Waals surface area contributed by atoms with Gasteiger partial charge in [-0.1, -0.05) is 73.1 Å². The van der Waals surface area contributed by atoms with Crippen LogP contribution in [0.3, 0.4) is 0 Å². The Kier molecular flexibility index (Phi) is 2.53. The molecule has 0 unspecified atom stereocenters. The Labute approximate surface area is 136 Å². The summed E-state index contributed by atoms with van der Waals surface area (Å²) >= 11 is 21.6. The smallest absolute Gasteiger partial charge is 0.112 e. The fourth-order valence-electron chi connectivity index (χ4n) is 2.73. The highest BCUT2D eigenvalue weighted by molar-refractivity contribution is 7.83. The summed E-state index contributed by atoms with van der Waals surface area (Å²) < 4.78 is 0. The van der Waals surface area contributed by atoms with Crippen molar-refractivity contribution in [1.29, 1.82) is 0 Å². The van der Waals surface area contributed by atoms with E-state index in [9.17, 15) is 0 Å². The summed E-state index contributed by atoms with van der Waals surface area (Å²) in [6.07, 6.45) is 0. The topological polar surface area (TPSA) is 24.1 Å². The lowest BCUT2D eigenvalue weighted by Gasteiger charge is -2.27. The Hall–Kier alpha value is -1.34. The second-order valence-electron chi connectivity index (χ2n) is 4.64. The number of thiocarbonyl (C=S) groups is 4. The molecule has 4 rings (SSSR count). The summed E-state index contributed by atoms with van der Waals surface area (Å²) in [5.74, 6) is 0. The molecular formula is C14H6N2S4. The lowest BCUT2D eigenvalue weighted by molar-refractivity contribution is 1.37. The first-order valence-electron chi connectivity index (χ1n) is 5.89. The summed E-state index contributed by atoms with van der Waals surface area (Å²) in [6.45, 7) is 0. The van der Waals surface area contributed by atoms with Crippen LogP contribution in [0.4, 0.5) is 0 Å². The minimum absolute atomic E-state index is 0.654. The Balaban J connectivity index is 2.29. The molecule has 2 heterocycles. The van der Waals surface area contributed by atoms with Gasteiger partial charge in [0.05, 0.1) is 0 Å². The molecule has 20 heavy (non-hydrogen) atoms. The second-order valence-corrected chi connectivity index (χ2v) is 6.27. The van der Waals surface area contributed by atoms with Crippen LogP contribution >= 0.6 is 48.9 Å². The minimum Gasteiger partial charge on any atom is -0.337 e. The first kappa shape index (κ1) is 12.4. The molecule has 0 amide bonds. The number of rotatable bonds is 0. The van der Waals surface area contributed by atoms with E-state index in [4.69, 9.17) is 48.9 Å². The van der Waals surface area contributed by atoms with Crippen LogP contribution in [-0.2, 0) is 0 Å². The van der Waals surface area contributed by atoms with Gasteiger partial charge in [-0.25, -0.2) is 0 Å². The molecule has 2 aromatic carbocycles. The van der Waals surface area contributed by atoms with E-state index >= 15 is 0 Å². The van der Waals surface area contributed by atoms with Crippen molar-refractivity contribution in [1.82, 2.24) is 10.6 Å². The fraction of sp³-hybridized carbons (Fsp3) is 0. The molecule has 2 aliphatic rings. The Bertz CT molecular complexity index is 743. The van der Waals surface area contributed by atoms with Crippen LogP contribution in [0.25, 0.3) is 10.8 Å². The van der Waals surface area contributed by atoms with Crippen molar-refractivity contribution in [3.63, 3.8) is 0 Å². The van der Waals surface area contributed by atoms with E-state index < -0.39 is 0 Å². The summed E-state index contributed by atoms with van der Waals surface area (Å²) in [6, 6.07) is 7.96. The number of hydrogen-bond donors (Lipinski definition) is 2. The Morgan fingerprint density at radius 1 is 0.500 bits per heavy atom. The summed E-state index contributed by atoms with van der Waals surface area (Å²) in [5.41, 5.74) is 3.93. The lowest BCUT2D eigenvalue weighted by Crippen LogP contribution is -2.37. The van der Waals surface area contributed by atoms with Crippen LogP contribution in [0.2, 0.25) is 0 Å². The first-order valence-corrected chi connectivity index (χ1v) is 7.52. The maximum Gasteiger partial charge on any atom is 0.112 e. The monoisotopic (exact) mass is 330 g/mol. The van der Waals surface area contributed by atoms with Gasteiger partial charge in [-0.05, 0) is 0 Å². The van der Waals surface area contributed by atoms with E-state index in [1.165, 1.54) is 0 Å². The standard InChI is InChI=1S/C14H6N2S4/c17-11-5-1-2-6-10-8(14(20)16-12(6)18)4-3-7(9(5)10)13(19)15-11/h1-4H,(H,15,17,19)(H,16,18,20). The van der Waals surface area contributed by atoms with Crippen molar-refractivity contribution < 1.29 is 0 Å². The predicted molar refractivity (Wildman–Crippen MR) is 97.0 cm³/mol. The molecule has 96 valence electrons. The molecule has 0 fully saturated rings. The predicted octanol–water partition coefficient (Wildman–Crippen LogP) is 2.75. The van der Waals surface area contributed by atoms with Crippen molar-refractivity contribution in [2.45, 2.75) is 0 Å². The maximum atomic E-state index is 5.39. The van der Waals surface area contributed by atoms with Crippen molar-refractivity contribution in [2.75, 3.05) is 0 Å². The van der Waals surface area contributed by atoms with Crippen LogP contribution < -0.4 is 10.6 Å². The van der Waals surface area contributed by atoms with E-state index in [1.54, 1.807) is 0 Å². The highest BCUT2D eigenvalue weighted by Crippen LogP contribution is 2.34. The van der Waals surface area contributed by atoms with Gasteiger partial charge in [0.2, 0.25) is 0 Å². The summed E-state index contributed by atoms with van der Waals surface area (Å²) in [5, 5.41) is 8.26. The second kappa shape index (κ2) is 4.08. The fourth-order valence-corrected chi connectivity index (χ4v) is 3.95. The molecule has 0 aromatic heterocycles. The van der Waals surface area contributed by atoms with Gasteiger partial charge in [-0.15, -0.1) is 0 Å². The molecule has 0 atom stereocenters. The molecule has 0 spiro atoms. The van der Waals surface area contributed by atoms with Gasteiger partial charge in [0.25, 0.3) is 0 Å². The number of nitrogens with one attached hydrogen (secondary N) is 2. The molecule has 0 bridgehead atoms. The van der Waals surface area contributed by atoms with Gasteiger partial charge in [0, 0.05) is 33.0 Å². The van der Waals surface area contributed by atoms with E-state index in [1.807, 2.05) is 24.3 Å². The SMILES string of the molecule is S=C1NC(=S)c2ccc3c4c(ccc1c24)C(=S)NC3=S. The Morgan fingerprint density at radius 3 is 1.00 bits per heavy atom. The molecule has 2 N–H and O–H groups in total. The van der Waals surface area contributed by atoms with Gasteiger partial charge >= 0.3 is 0 Å². The van der Waals surface area contributed by atoms with Crippen LogP contribution in [0.5, 0.6) is 0 Å². The highest BCUT2D eigenvalue weighted by Gasteiger charge is 2.27. The van der Waals surface area contributed by atoms with Gasteiger partial charge in [0.15, 0.2) is 0 Å². The lowest BCUT2D eigenvalue weighted by atomic mass is 9.88. The minimum atomic E-state index is 0.654. The average molecular weight is 330 g/mol. The number of benzene rings is 2. The highest BCUT2D eigenvalue weighted by atomic mass is 32.1. The quantitative estimate of drug-likeness (QED) is 0.721. The molecule has 0 radical (unpaired) electrons. The molecular weight excluding hydrogens is 324 g/mol. The summed E-state index contributed by atoms with van der Waals surface area (Å²) in [7, 11) is 0. The molecule has 0 aliphatic carbocycles. The van der Waals surface area contributed by atoms with E-state index in [2.05, 4.69) is 10.6 Å². The van der Waals surface area contributed by atoms with Crippen molar-refractivity contribution in [3.8, 4) is 0 Å². The van der Waals surface area contributed by atoms with Gasteiger partial charge < -0.3 is 10.6 Å². The molecule has 2 aromatic rings. The molecule has 2 nitrogen and oxygen atoms in total. The van der Waals surface area contributed by atoms with Gasteiger partial charge in [0.1, 0.15) is 20.0 Å². The third kappa shape index (κ3) is 1.47. The average Bonchev–Trinajstić information content (AvgIpc) is 2.42. The third-order valence-electron chi connectivity index (χ3n) is 3.59. The van der Waals surface area contributed by atoms with Crippen molar-refractivity contribution in [2.24, 2.45) is 0 Å². The largest absolute Gasteiger partial charge is 0.337 e. The summed E-state index contributed by atoms with van der Waals surface area (Å²) in [4.78, 5) is 2.62. The molecule has 6 heteroatoms. The van der Waals surface area contributed by atoms with Crippen LogP contribution in [0, 0.1) is 0 Å². The number of hydrogen-bond acceptors (Lipinski definition) is 4. The molecule has 0 saturated carbocycles. The first-order chi connectivity index (χ1) is 9.58. The van der Waals surface area contributed by atoms with Crippen molar-refractivity contribution >= 4 is 79.6 Å². The zero-order valence-corrected chi connectivity index (χ0v) is 13.2. The zero-order valence-electron chi connectivity index (χ0n) is 9.94. The van der Waals surface area contributed by atoms with Gasteiger partial charge in [-0.2, -0.15) is 0 Å². The zero-order chi connectivity index (χ0) is 14.0. The van der Waals surface area contributed by atoms with E-state index in [0.29, 0.717) is 20.0 Å². The third-order valence-corrected chi connectivity index (χ3v) is 4.88. The van der Waals surface area contributed by atoms with Crippen LogP contribution in [0.15, 0.2) is 24.3 Å². The van der Waals surface area contributed by atoms with Crippen molar-refractivity contribution in [3.05, 3.63) is 46.5 Å². The maximum absolute atomic E-state index is 5.39.